The minimum Gasteiger partial charge on any atom is -0.372 e. The lowest BCUT2D eigenvalue weighted by molar-refractivity contribution is 0.438. The first-order chi connectivity index (χ1) is 12.5. The number of nitrogens with zero attached hydrogens (tertiary/aromatic N) is 1. The number of benzene rings is 2. The molecule has 0 bridgehead atoms. The molecule has 0 radical (unpaired) electrons. The lowest BCUT2D eigenvalue weighted by atomic mass is 9.98. The van der Waals surface area contributed by atoms with Gasteiger partial charge < -0.3 is 15.5 Å². The molecule has 1 saturated heterocycles. The molecule has 138 valence electrons. The van der Waals surface area contributed by atoms with Gasteiger partial charge in [0, 0.05) is 24.5 Å². The Kier molecular flexibility index (Phi) is 6.15. The highest BCUT2D eigenvalue weighted by Gasteiger charge is 2.16. The van der Waals surface area contributed by atoms with Gasteiger partial charge in [-0.25, -0.2) is 0 Å². The van der Waals surface area contributed by atoms with Crippen LogP contribution in [0.25, 0.3) is 0 Å². The van der Waals surface area contributed by atoms with E-state index in [9.17, 15) is 0 Å². The van der Waals surface area contributed by atoms with E-state index in [-0.39, 0.29) is 6.04 Å². The van der Waals surface area contributed by atoms with Gasteiger partial charge in [-0.05, 0) is 74.7 Å². The van der Waals surface area contributed by atoms with Crippen molar-refractivity contribution in [1.82, 2.24) is 5.32 Å². The quantitative estimate of drug-likeness (QED) is 0.719. The van der Waals surface area contributed by atoms with Crippen LogP contribution >= 0.6 is 12.2 Å². The molecular weight excluding hydrogens is 338 g/mol. The number of hydrogen-bond acceptors (Lipinski definition) is 2. The van der Waals surface area contributed by atoms with Crippen molar-refractivity contribution in [2.75, 3.05) is 23.3 Å². The normalized spacial score (nSPS) is 16.2. The van der Waals surface area contributed by atoms with Crippen LogP contribution in [0.1, 0.15) is 43.9 Å². The molecule has 0 aromatic heterocycles. The van der Waals surface area contributed by atoms with Gasteiger partial charge in [-0.15, -0.1) is 0 Å². The molecule has 0 amide bonds. The Labute approximate surface area is 162 Å². The van der Waals surface area contributed by atoms with E-state index in [2.05, 4.69) is 72.7 Å². The molecule has 4 heteroatoms. The van der Waals surface area contributed by atoms with E-state index in [0.717, 1.165) is 11.6 Å². The molecule has 2 N–H and O–H groups in total. The largest absolute Gasteiger partial charge is 0.372 e. The average molecular weight is 368 g/mol. The molecule has 1 fully saturated rings. The molecule has 1 aliphatic heterocycles. The summed E-state index contributed by atoms with van der Waals surface area (Å²) in [4.78, 5) is 2.49. The van der Waals surface area contributed by atoms with Crippen molar-refractivity contribution in [3.05, 3.63) is 59.7 Å². The van der Waals surface area contributed by atoms with Crippen molar-refractivity contribution in [2.45, 2.75) is 39.7 Å². The number of hydrogen-bond donors (Lipinski definition) is 2. The first-order valence-corrected chi connectivity index (χ1v) is 9.91. The summed E-state index contributed by atoms with van der Waals surface area (Å²) in [7, 11) is 0. The molecule has 3 rings (SSSR count). The lowest BCUT2D eigenvalue weighted by Crippen LogP contribution is -2.33. The predicted molar refractivity (Wildman–Crippen MR) is 116 cm³/mol. The van der Waals surface area contributed by atoms with Crippen molar-refractivity contribution in [2.24, 2.45) is 5.92 Å². The molecular formula is C22H29N3S. The van der Waals surface area contributed by atoms with Crippen LogP contribution in [0.5, 0.6) is 0 Å². The zero-order valence-corrected chi connectivity index (χ0v) is 16.8. The molecule has 2 aromatic carbocycles. The van der Waals surface area contributed by atoms with Gasteiger partial charge in [0.1, 0.15) is 0 Å². The second kappa shape index (κ2) is 8.54. The van der Waals surface area contributed by atoms with Crippen molar-refractivity contribution >= 4 is 28.7 Å². The van der Waals surface area contributed by atoms with Crippen molar-refractivity contribution < 1.29 is 0 Å². The van der Waals surface area contributed by atoms with E-state index < -0.39 is 0 Å². The van der Waals surface area contributed by atoms with Crippen LogP contribution in [0, 0.1) is 12.8 Å². The van der Waals surface area contributed by atoms with Gasteiger partial charge in [0.05, 0.1) is 6.04 Å². The third-order valence-corrected chi connectivity index (χ3v) is 5.42. The fraction of sp³-hybridized carbons (Fsp3) is 0.409. The third-order valence-electron chi connectivity index (χ3n) is 5.20. The van der Waals surface area contributed by atoms with Gasteiger partial charge in [-0.2, -0.15) is 0 Å². The maximum absolute atomic E-state index is 5.45. The van der Waals surface area contributed by atoms with Crippen LogP contribution < -0.4 is 15.5 Å². The number of aryl methyl sites for hydroxylation is 1. The summed E-state index contributed by atoms with van der Waals surface area (Å²) in [5.41, 5.74) is 4.82. The summed E-state index contributed by atoms with van der Waals surface area (Å²) in [6, 6.07) is 17.3. The fourth-order valence-electron chi connectivity index (χ4n) is 3.32. The van der Waals surface area contributed by atoms with Gasteiger partial charge in [0.25, 0.3) is 0 Å². The number of thiocarbonyl (C=S) groups is 1. The van der Waals surface area contributed by atoms with Crippen molar-refractivity contribution in [1.29, 1.82) is 0 Å². The van der Waals surface area contributed by atoms with Gasteiger partial charge in [0.15, 0.2) is 5.11 Å². The van der Waals surface area contributed by atoms with Crippen LogP contribution in [-0.2, 0) is 0 Å². The molecule has 1 heterocycles. The number of anilines is 2. The van der Waals surface area contributed by atoms with Gasteiger partial charge in [0.2, 0.25) is 0 Å². The van der Waals surface area contributed by atoms with Crippen LogP contribution in [0.4, 0.5) is 11.4 Å². The van der Waals surface area contributed by atoms with Crippen molar-refractivity contribution in [3.63, 3.8) is 0 Å². The Morgan fingerprint density at radius 3 is 2.27 bits per heavy atom. The second-order valence-corrected chi connectivity index (χ2v) is 7.86. The Hall–Kier alpha value is -2.07. The maximum Gasteiger partial charge on any atom is 0.171 e. The van der Waals surface area contributed by atoms with E-state index in [1.54, 1.807) is 0 Å². The molecule has 0 saturated carbocycles. The predicted octanol–water partition coefficient (Wildman–Crippen LogP) is 5.28. The second-order valence-electron chi connectivity index (χ2n) is 7.45. The molecule has 1 aliphatic rings. The van der Waals surface area contributed by atoms with E-state index in [1.165, 1.54) is 42.7 Å². The molecule has 26 heavy (non-hydrogen) atoms. The highest BCUT2D eigenvalue weighted by atomic mass is 32.1. The third kappa shape index (κ3) is 4.98. The fourth-order valence-corrected chi connectivity index (χ4v) is 3.62. The summed E-state index contributed by atoms with van der Waals surface area (Å²) in [5, 5.41) is 7.27. The number of rotatable bonds is 4. The topological polar surface area (TPSA) is 27.3 Å². The van der Waals surface area contributed by atoms with Gasteiger partial charge >= 0.3 is 0 Å². The molecule has 2 aromatic rings. The number of nitrogens with one attached hydrogen (secondary N) is 2. The highest BCUT2D eigenvalue weighted by Crippen LogP contribution is 2.24. The molecule has 0 aliphatic carbocycles. The standard InChI is InChI=1S/C22H29N3S/c1-16-4-8-20(9-5-16)24-22(26)23-18(3)19-6-10-21(11-7-19)25-14-12-17(2)13-15-25/h4-11,17-18H,12-15H2,1-3H3,(H2,23,24,26)/t18-/m1/s1. The van der Waals surface area contributed by atoms with E-state index >= 15 is 0 Å². The van der Waals surface area contributed by atoms with Crippen LogP contribution in [-0.4, -0.2) is 18.2 Å². The van der Waals surface area contributed by atoms with Gasteiger partial charge in [-0.1, -0.05) is 36.8 Å². The molecule has 0 unspecified atom stereocenters. The smallest absolute Gasteiger partial charge is 0.171 e. The van der Waals surface area contributed by atoms with Crippen LogP contribution in [0.3, 0.4) is 0 Å². The maximum atomic E-state index is 5.45. The van der Waals surface area contributed by atoms with E-state index in [4.69, 9.17) is 12.2 Å². The average Bonchev–Trinajstić information content (AvgIpc) is 2.64. The summed E-state index contributed by atoms with van der Waals surface area (Å²) >= 11 is 5.45. The van der Waals surface area contributed by atoms with Crippen LogP contribution in [0.15, 0.2) is 48.5 Å². The molecule has 3 nitrogen and oxygen atoms in total. The Morgan fingerprint density at radius 2 is 1.65 bits per heavy atom. The summed E-state index contributed by atoms with van der Waals surface area (Å²) in [5.74, 6) is 0.858. The zero-order valence-electron chi connectivity index (χ0n) is 16.0. The lowest BCUT2D eigenvalue weighted by Gasteiger charge is -2.32. The van der Waals surface area contributed by atoms with E-state index in [1.807, 2.05) is 12.1 Å². The summed E-state index contributed by atoms with van der Waals surface area (Å²) < 4.78 is 0. The monoisotopic (exact) mass is 367 g/mol. The first-order valence-electron chi connectivity index (χ1n) is 9.50. The minimum atomic E-state index is 0.163. The Balaban J connectivity index is 1.54. The Bertz CT molecular complexity index is 716. The summed E-state index contributed by atoms with van der Waals surface area (Å²) in [6.07, 6.45) is 2.58. The van der Waals surface area contributed by atoms with E-state index in [0.29, 0.717) is 5.11 Å². The molecule has 1 atom stereocenters. The Morgan fingerprint density at radius 1 is 1.04 bits per heavy atom. The minimum absolute atomic E-state index is 0.163. The molecule has 0 spiro atoms. The van der Waals surface area contributed by atoms with Crippen LogP contribution in [0.2, 0.25) is 0 Å². The SMILES string of the molecule is Cc1ccc(NC(=S)N[C@H](C)c2ccc(N3CCC(C)CC3)cc2)cc1. The summed E-state index contributed by atoms with van der Waals surface area (Å²) in [6.45, 7) is 8.90. The zero-order chi connectivity index (χ0) is 18.5. The number of piperidine rings is 1. The highest BCUT2D eigenvalue weighted by molar-refractivity contribution is 7.80. The first kappa shape index (κ1) is 18.7. The van der Waals surface area contributed by atoms with Gasteiger partial charge in [-0.3, -0.25) is 0 Å². The van der Waals surface area contributed by atoms with Crippen molar-refractivity contribution in [3.8, 4) is 0 Å².